The number of nitrogens with two attached hydrogens (primary N) is 1. The van der Waals surface area contributed by atoms with Gasteiger partial charge in [0.25, 0.3) is 5.56 Å². The Bertz CT molecular complexity index is 921. The van der Waals surface area contributed by atoms with Crippen molar-refractivity contribution >= 4 is 18.0 Å². The first-order chi connectivity index (χ1) is 11.1. The Morgan fingerprint density at radius 2 is 1.70 bits per heavy atom. The topological polar surface area (TPSA) is 73.2 Å². The molecule has 0 spiro atoms. The van der Waals surface area contributed by atoms with Crippen molar-refractivity contribution in [2.75, 3.05) is 5.73 Å². The molecule has 3 aromatic rings. The predicted molar refractivity (Wildman–Crippen MR) is 92.5 cm³/mol. The van der Waals surface area contributed by atoms with E-state index < -0.39 is 0 Å². The monoisotopic (exact) mass is 307 g/mol. The van der Waals surface area contributed by atoms with E-state index in [0.717, 1.165) is 5.69 Å². The van der Waals surface area contributed by atoms with E-state index in [0.29, 0.717) is 11.3 Å². The maximum absolute atomic E-state index is 12.4. The van der Waals surface area contributed by atoms with E-state index in [9.17, 15) is 9.90 Å². The fourth-order valence-electron chi connectivity index (χ4n) is 2.41. The van der Waals surface area contributed by atoms with E-state index in [-0.39, 0.29) is 17.0 Å². The van der Waals surface area contributed by atoms with Crippen molar-refractivity contribution in [3.63, 3.8) is 0 Å². The Hall–Kier alpha value is -3.21. The Morgan fingerprint density at radius 3 is 2.39 bits per heavy atom. The van der Waals surface area contributed by atoms with Crippen molar-refractivity contribution in [1.82, 2.24) is 9.36 Å². The molecule has 0 bridgehead atoms. The summed E-state index contributed by atoms with van der Waals surface area (Å²) in [6.45, 7) is 1.78. The number of benzene rings is 2. The molecule has 2 aromatic carbocycles. The van der Waals surface area contributed by atoms with Crippen molar-refractivity contribution in [2.45, 2.75) is 6.92 Å². The normalized spacial score (nSPS) is 11.2. The van der Waals surface area contributed by atoms with Crippen LogP contribution in [0, 0.1) is 6.92 Å². The first kappa shape index (κ1) is 14.7. The number of phenolic OH excluding ortho intramolecular Hbond substituents is 1. The highest BCUT2D eigenvalue weighted by Gasteiger charge is 2.14. The SMILES string of the molecule is Cc1c(N)c(=O)n(-c2ccccc2)n1C=Cc1ccccc1O. The van der Waals surface area contributed by atoms with Crippen LogP contribution in [0.3, 0.4) is 0 Å². The summed E-state index contributed by atoms with van der Waals surface area (Å²) in [4.78, 5) is 12.4. The number of hydrogen-bond acceptors (Lipinski definition) is 3. The molecule has 5 heteroatoms. The average Bonchev–Trinajstić information content (AvgIpc) is 2.79. The molecule has 0 aliphatic rings. The Kier molecular flexibility index (Phi) is 3.76. The largest absolute Gasteiger partial charge is 0.507 e. The summed E-state index contributed by atoms with van der Waals surface area (Å²) in [7, 11) is 0. The predicted octanol–water partition coefficient (Wildman–Crippen LogP) is 2.86. The van der Waals surface area contributed by atoms with Gasteiger partial charge in [0.2, 0.25) is 0 Å². The maximum Gasteiger partial charge on any atom is 0.295 e. The molecule has 0 saturated heterocycles. The Labute approximate surface area is 133 Å². The van der Waals surface area contributed by atoms with Gasteiger partial charge in [0, 0.05) is 11.8 Å². The van der Waals surface area contributed by atoms with Crippen LogP contribution in [0.15, 0.2) is 59.4 Å². The van der Waals surface area contributed by atoms with Gasteiger partial charge in [0.1, 0.15) is 11.4 Å². The van der Waals surface area contributed by atoms with Gasteiger partial charge in [-0.25, -0.2) is 4.68 Å². The zero-order valence-corrected chi connectivity index (χ0v) is 12.7. The Morgan fingerprint density at radius 1 is 1.04 bits per heavy atom. The average molecular weight is 307 g/mol. The fourth-order valence-corrected chi connectivity index (χ4v) is 2.41. The second-order valence-corrected chi connectivity index (χ2v) is 5.17. The third kappa shape index (κ3) is 2.64. The molecule has 0 aliphatic carbocycles. The molecule has 23 heavy (non-hydrogen) atoms. The van der Waals surface area contributed by atoms with Crippen LogP contribution in [0.25, 0.3) is 18.0 Å². The highest BCUT2D eigenvalue weighted by Crippen LogP contribution is 2.19. The molecule has 0 unspecified atom stereocenters. The summed E-state index contributed by atoms with van der Waals surface area (Å²) >= 11 is 0. The smallest absolute Gasteiger partial charge is 0.295 e. The number of hydrogen-bond donors (Lipinski definition) is 2. The molecule has 0 atom stereocenters. The van der Waals surface area contributed by atoms with E-state index in [1.807, 2.05) is 36.4 Å². The third-order valence-corrected chi connectivity index (χ3v) is 3.70. The summed E-state index contributed by atoms with van der Waals surface area (Å²) in [6, 6.07) is 16.3. The van der Waals surface area contributed by atoms with Crippen molar-refractivity contribution in [3.05, 3.63) is 76.2 Å². The van der Waals surface area contributed by atoms with Gasteiger partial charge in [-0.05, 0) is 31.2 Å². The molecule has 1 heterocycles. The van der Waals surface area contributed by atoms with Crippen LogP contribution in [-0.2, 0) is 0 Å². The molecule has 0 aliphatic heterocycles. The maximum atomic E-state index is 12.4. The summed E-state index contributed by atoms with van der Waals surface area (Å²) in [5.74, 6) is 0.176. The molecule has 0 radical (unpaired) electrons. The van der Waals surface area contributed by atoms with Crippen molar-refractivity contribution in [2.24, 2.45) is 0 Å². The highest BCUT2D eigenvalue weighted by molar-refractivity contribution is 5.66. The number of aromatic nitrogens is 2. The van der Waals surface area contributed by atoms with Gasteiger partial charge in [-0.3, -0.25) is 9.48 Å². The van der Waals surface area contributed by atoms with Crippen LogP contribution < -0.4 is 11.3 Å². The zero-order valence-electron chi connectivity index (χ0n) is 12.7. The quantitative estimate of drug-likeness (QED) is 0.781. The third-order valence-electron chi connectivity index (χ3n) is 3.70. The fraction of sp³-hybridized carbons (Fsp3) is 0.0556. The molecule has 1 aromatic heterocycles. The number of nitrogens with zero attached hydrogens (tertiary/aromatic N) is 2. The summed E-state index contributed by atoms with van der Waals surface area (Å²) in [5, 5.41) is 9.85. The van der Waals surface area contributed by atoms with E-state index in [2.05, 4.69) is 0 Å². The van der Waals surface area contributed by atoms with E-state index in [4.69, 9.17) is 5.73 Å². The molecule has 5 nitrogen and oxygen atoms in total. The lowest BCUT2D eigenvalue weighted by Gasteiger charge is -2.09. The first-order valence-corrected chi connectivity index (χ1v) is 7.21. The lowest BCUT2D eigenvalue weighted by Crippen LogP contribution is -2.20. The first-order valence-electron chi connectivity index (χ1n) is 7.21. The van der Waals surface area contributed by atoms with Crippen LogP contribution in [0.1, 0.15) is 11.3 Å². The van der Waals surface area contributed by atoms with Crippen LogP contribution >= 0.6 is 0 Å². The summed E-state index contributed by atoms with van der Waals surface area (Å²) in [5.41, 5.74) is 7.86. The molecular formula is C18H17N3O2. The second kappa shape index (κ2) is 5.88. The minimum Gasteiger partial charge on any atom is -0.507 e. The number of para-hydroxylation sites is 2. The number of rotatable bonds is 3. The van der Waals surface area contributed by atoms with Gasteiger partial charge in [-0.2, -0.15) is 0 Å². The van der Waals surface area contributed by atoms with Gasteiger partial charge < -0.3 is 10.8 Å². The van der Waals surface area contributed by atoms with Crippen molar-refractivity contribution in [1.29, 1.82) is 0 Å². The van der Waals surface area contributed by atoms with Gasteiger partial charge in [-0.1, -0.05) is 36.4 Å². The minimum absolute atomic E-state index is 0.176. The minimum atomic E-state index is -0.268. The molecule has 116 valence electrons. The van der Waals surface area contributed by atoms with Crippen LogP contribution in [0.2, 0.25) is 0 Å². The summed E-state index contributed by atoms with van der Waals surface area (Å²) in [6.07, 6.45) is 3.45. The lowest BCUT2D eigenvalue weighted by atomic mass is 10.2. The number of phenols is 1. The number of anilines is 1. The van der Waals surface area contributed by atoms with Gasteiger partial charge in [0.15, 0.2) is 0 Å². The van der Waals surface area contributed by atoms with Crippen molar-refractivity contribution < 1.29 is 5.11 Å². The van der Waals surface area contributed by atoms with Crippen LogP contribution in [0.4, 0.5) is 5.69 Å². The van der Waals surface area contributed by atoms with E-state index >= 15 is 0 Å². The van der Waals surface area contributed by atoms with Crippen LogP contribution in [-0.4, -0.2) is 14.5 Å². The molecule has 0 amide bonds. The van der Waals surface area contributed by atoms with Gasteiger partial charge >= 0.3 is 0 Å². The molecule has 3 N–H and O–H groups in total. The van der Waals surface area contributed by atoms with Crippen LogP contribution in [0.5, 0.6) is 5.75 Å². The molecular weight excluding hydrogens is 290 g/mol. The summed E-state index contributed by atoms with van der Waals surface area (Å²) < 4.78 is 3.18. The number of nitrogen functional groups attached to an aromatic ring is 1. The number of aromatic hydroxyl groups is 1. The van der Waals surface area contributed by atoms with Gasteiger partial charge in [0.05, 0.1) is 11.4 Å². The highest BCUT2D eigenvalue weighted by atomic mass is 16.3. The van der Waals surface area contributed by atoms with Gasteiger partial charge in [-0.15, -0.1) is 0 Å². The Balaban J connectivity index is 2.15. The standard InChI is InChI=1S/C18H17N3O2/c1-13-17(19)18(23)21(15-8-3-2-4-9-15)20(13)12-11-14-7-5-6-10-16(14)22/h2-12,22H,19H2,1H3. The molecule has 3 rings (SSSR count). The zero-order chi connectivity index (χ0) is 16.4. The van der Waals surface area contributed by atoms with E-state index in [1.165, 1.54) is 4.68 Å². The van der Waals surface area contributed by atoms with Crippen molar-refractivity contribution in [3.8, 4) is 11.4 Å². The lowest BCUT2D eigenvalue weighted by molar-refractivity contribution is 0.474. The second-order valence-electron chi connectivity index (χ2n) is 5.17. The molecule has 0 saturated carbocycles. The van der Waals surface area contributed by atoms with E-state index in [1.54, 1.807) is 42.1 Å². The molecule has 0 fully saturated rings.